The average Bonchev–Trinajstić information content (AvgIpc) is 3.01. The number of hydrogen-bond acceptors (Lipinski definition) is 5. The van der Waals surface area contributed by atoms with Crippen molar-refractivity contribution in [1.82, 2.24) is 19.7 Å². The Morgan fingerprint density at radius 1 is 1.08 bits per heavy atom. The van der Waals surface area contributed by atoms with Gasteiger partial charge in [-0.1, -0.05) is 49.9 Å². The summed E-state index contributed by atoms with van der Waals surface area (Å²) in [5.41, 5.74) is 2.92. The van der Waals surface area contributed by atoms with E-state index in [1.807, 2.05) is 48.0 Å². The molecule has 0 aliphatic heterocycles. The maximum atomic E-state index is 12.4. The number of aromatic nitrogens is 4. The van der Waals surface area contributed by atoms with Crippen molar-refractivity contribution in [2.45, 2.75) is 24.9 Å². The summed E-state index contributed by atoms with van der Waals surface area (Å²) in [6, 6.07) is 11.6. The van der Waals surface area contributed by atoms with Crippen LogP contribution in [0.3, 0.4) is 0 Å². The van der Waals surface area contributed by atoms with Gasteiger partial charge in [0, 0.05) is 30.6 Å². The highest BCUT2D eigenvalue weighted by atomic mass is 32.2. The third-order valence-electron chi connectivity index (χ3n) is 4.01. The van der Waals surface area contributed by atoms with Gasteiger partial charge < -0.3 is 4.57 Å². The molecule has 0 saturated carbocycles. The Hall–Kier alpha value is -2.47. The molecule has 0 fully saturated rings. The van der Waals surface area contributed by atoms with E-state index in [-0.39, 0.29) is 5.78 Å². The van der Waals surface area contributed by atoms with Crippen LogP contribution in [0.25, 0.3) is 11.4 Å². The van der Waals surface area contributed by atoms with Crippen molar-refractivity contribution in [3.8, 4) is 11.4 Å². The van der Waals surface area contributed by atoms with Gasteiger partial charge in [-0.3, -0.25) is 9.78 Å². The number of Topliss-reactive ketones (excluding diaryl/α,β-unsaturated/α-hetero) is 1. The van der Waals surface area contributed by atoms with Crippen LogP contribution < -0.4 is 0 Å². The maximum absolute atomic E-state index is 12.4. The summed E-state index contributed by atoms with van der Waals surface area (Å²) in [4.78, 5) is 16.4. The van der Waals surface area contributed by atoms with Gasteiger partial charge in [0.25, 0.3) is 0 Å². The van der Waals surface area contributed by atoms with Crippen molar-refractivity contribution >= 4 is 17.5 Å². The van der Waals surface area contributed by atoms with Gasteiger partial charge in [0.1, 0.15) is 0 Å². The Balaban J connectivity index is 1.67. The third kappa shape index (κ3) is 3.96. The maximum Gasteiger partial charge on any atom is 0.191 e. The summed E-state index contributed by atoms with van der Waals surface area (Å²) in [5.74, 6) is 1.65. The van der Waals surface area contributed by atoms with E-state index in [1.54, 1.807) is 12.4 Å². The van der Waals surface area contributed by atoms with Crippen LogP contribution in [0.4, 0.5) is 0 Å². The molecular formula is C19H20N4OS. The quantitative estimate of drug-likeness (QED) is 0.496. The van der Waals surface area contributed by atoms with Crippen LogP contribution in [-0.4, -0.2) is 31.3 Å². The molecule has 0 aliphatic carbocycles. The molecule has 3 aromatic rings. The van der Waals surface area contributed by atoms with Crippen LogP contribution in [0.2, 0.25) is 0 Å². The largest absolute Gasteiger partial charge is 0.305 e. The number of carbonyl (C=O) groups is 1. The second-order valence-corrected chi connectivity index (χ2v) is 7.03. The minimum absolute atomic E-state index is 0.0915. The van der Waals surface area contributed by atoms with E-state index in [2.05, 4.69) is 29.0 Å². The number of rotatable bonds is 6. The van der Waals surface area contributed by atoms with Crippen molar-refractivity contribution in [3.63, 3.8) is 0 Å². The molecule has 0 radical (unpaired) electrons. The Bertz CT molecular complexity index is 857. The zero-order chi connectivity index (χ0) is 17.8. The van der Waals surface area contributed by atoms with E-state index >= 15 is 0 Å². The summed E-state index contributed by atoms with van der Waals surface area (Å²) in [6.07, 6.45) is 3.45. The summed E-state index contributed by atoms with van der Waals surface area (Å²) in [7, 11) is 1.90. The average molecular weight is 352 g/mol. The first kappa shape index (κ1) is 17.4. The highest BCUT2D eigenvalue weighted by Gasteiger charge is 2.14. The molecule has 2 aromatic heterocycles. The topological polar surface area (TPSA) is 60.7 Å². The predicted molar refractivity (Wildman–Crippen MR) is 99.8 cm³/mol. The zero-order valence-corrected chi connectivity index (χ0v) is 15.3. The molecule has 0 spiro atoms. The van der Waals surface area contributed by atoms with Crippen LogP contribution in [0.5, 0.6) is 0 Å². The first-order valence-corrected chi connectivity index (χ1v) is 9.10. The van der Waals surface area contributed by atoms with Crippen molar-refractivity contribution < 1.29 is 4.79 Å². The number of carbonyl (C=O) groups excluding carboxylic acids is 1. The van der Waals surface area contributed by atoms with Crippen LogP contribution >= 0.6 is 11.8 Å². The molecule has 0 aliphatic rings. The molecule has 0 unspecified atom stereocenters. The highest BCUT2D eigenvalue weighted by molar-refractivity contribution is 7.99. The summed E-state index contributed by atoms with van der Waals surface area (Å²) in [6.45, 7) is 4.28. The van der Waals surface area contributed by atoms with E-state index in [1.165, 1.54) is 17.3 Å². The number of benzene rings is 1. The molecule has 25 heavy (non-hydrogen) atoms. The molecular weight excluding hydrogens is 332 g/mol. The SMILES string of the molecule is CC(C)c1ccc(C(=O)CSc2nnc(-c3ccncc3)n2C)cc1. The lowest BCUT2D eigenvalue weighted by atomic mass is 10.0. The first-order chi connectivity index (χ1) is 12.1. The first-order valence-electron chi connectivity index (χ1n) is 8.12. The third-order valence-corrected chi connectivity index (χ3v) is 5.03. The fraction of sp³-hybridized carbons (Fsp3) is 0.263. The van der Waals surface area contributed by atoms with Crippen LogP contribution in [-0.2, 0) is 7.05 Å². The minimum atomic E-state index is 0.0915. The van der Waals surface area contributed by atoms with Crippen molar-refractivity contribution in [2.75, 3.05) is 5.75 Å². The zero-order valence-electron chi connectivity index (χ0n) is 14.5. The van der Waals surface area contributed by atoms with Crippen molar-refractivity contribution in [2.24, 2.45) is 7.05 Å². The molecule has 128 valence electrons. The van der Waals surface area contributed by atoms with E-state index in [4.69, 9.17) is 0 Å². The number of thioether (sulfide) groups is 1. The molecule has 0 N–H and O–H groups in total. The van der Waals surface area contributed by atoms with Crippen LogP contribution in [0, 0.1) is 0 Å². The Labute approximate surface area is 151 Å². The van der Waals surface area contributed by atoms with E-state index < -0.39 is 0 Å². The van der Waals surface area contributed by atoms with Crippen molar-refractivity contribution in [3.05, 3.63) is 59.9 Å². The van der Waals surface area contributed by atoms with Gasteiger partial charge in [-0.15, -0.1) is 10.2 Å². The Morgan fingerprint density at radius 2 is 1.76 bits per heavy atom. The monoisotopic (exact) mass is 352 g/mol. The fourth-order valence-electron chi connectivity index (χ4n) is 2.46. The van der Waals surface area contributed by atoms with E-state index in [9.17, 15) is 4.79 Å². The molecule has 0 saturated heterocycles. The molecule has 0 atom stereocenters. The smallest absolute Gasteiger partial charge is 0.191 e. The van der Waals surface area contributed by atoms with Gasteiger partial charge in [-0.05, 0) is 23.6 Å². The second kappa shape index (κ2) is 7.61. The summed E-state index contributed by atoms with van der Waals surface area (Å²) >= 11 is 1.40. The van der Waals surface area contributed by atoms with Gasteiger partial charge in [0.2, 0.25) is 0 Å². The lowest BCUT2D eigenvalue weighted by Gasteiger charge is -2.06. The highest BCUT2D eigenvalue weighted by Crippen LogP contribution is 2.23. The van der Waals surface area contributed by atoms with Gasteiger partial charge in [-0.25, -0.2) is 0 Å². The summed E-state index contributed by atoms with van der Waals surface area (Å²) < 4.78 is 1.90. The Morgan fingerprint density at radius 3 is 2.40 bits per heavy atom. The molecule has 2 heterocycles. The van der Waals surface area contributed by atoms with E-state index in [0.717, 1.165) is 22.1 Å². The van der Waals surface area contributed by atoms with Gasteiger partial charge >= 0.3 is 0 Å². The van der Waals surface area contributed by atoms with Crippen LogP contribution in [0.15, 0.2) is 53.9 Å². The molecule has 5 nitrogen and oxygen atoms in total. The normalized spacial score (nSPS) is 11.0. The number of nitrogens with zero attached hydrogens (tertiary/aromatic N) is 4. The van der Waals surface area contributed by atoms with Gasteiger partial charge in [0.15, 0.2) is 16.8 Å². The van der Waals surface area contributed by atoms with E-state index in [0.29, 0.717) is 11.7 Å². The van der Waals surface area contributed by atoms with Crippen LogP contribution in [0.1, 0.15) is 35.7 Å². The Kier molecular flexibility index (Phi) is 5.28. The lowest BCUT2D eigenvalue weighted by molar-refractivity contribution is 0.102. The van der Waals surface area contributed by atoms with Gasteiger partial charge in [0.05, 0.1) is 5.75 Å². The molecule has 0 bridgehead atoms. The van der Waals surface area contributed by atoms with Crippen molar-refractivity contribution in [1.29, 1.82) is 0 Å². The number of ketones is 1. The predicted octanol–water partition coefficient (Wildman–Crippen LogP) is 3.98. The summed E-state index contributed by atoms with van der Waals surface area (Å²) in [5, 5.41) is 9.14. The lowest BCUT2D eigenvalue weighted by Crippen LogP contribution is -2.04. The standard InChI is InChI=1S/C19H20N4OS/c1-13(2)14-4-6-15(7-5-14)17(24)12-25-19-22-21-18(23(19)3)16-8-10-20-11-9-16/h4-11,13H,12H2,1-3H3. The molecule has 6 heteroatoms. The molecule has 0 amide bonds. The molecule has 1 aromatic carbocycles. The number of hydrogen-bond donors (Lipinski definition) is 0. The number of pyridine rings is 1. The second-order valence-electron chi connectivity index (χ2n) is 6.09. The van der Waals surface area contributed by atoms with Gasteiger partial charge in [-0.2, -0.15) is 0 Å². The minimum Gasteiger partial charge on any atom is -0.305 e. The molecule has 3 rings (SSSR count). The fourth-order valence-corrected chi connectivity index (χ4v) is 3.27.